The number of nitrogen functional groups attached to an aromatic ring is 1. The molecule has 0 bridgehead atoms. The summed E-state index contributed by atoms with van der Waals surface area (Å²) in [6, 6.07) is 10.8. The van der Waals surface area contributed by atoms with Gasteiger partial charge in [-0.15, -0.1) is 0 Å². The van der Waals surface area contributed by atoms with Gasteiger partial charge in [-0.2, -0.15) is 4.98 Å². The zero-order valence-corrected chi connectivity index (χ0v) is 10.2. The number of benzene rings is 1. The minimum atomic E-state index is 0.437. The molecule has 1 aromatic heterocycles. The third-order valence-electron chi connectivity index (χ3n) is 2.37. The molecule has 2 rings (SSSR count). The molecule has 0 amide bonds. The first kappa shape index (κ1) is 11.7. The van der Waals surface area contributed by atoms with Crippen LogP contribution in [0.1, 0.15) is 12.5 Å². The molecule has 0 aliphatic rings. The zero-order valence-electron chi connectivity index (χ0n) is 9.48. The fourth-order valence-electron chi connectivity index (χ4n) is 1.49. The smallest absolute Gasteiger partial charge is 0.221 e. The number of anilines is 1. The molecule has 0 aliphatic carbocycles. The van der Waals surface area contributed by atoms with Crippen molar-refractivity contribution >= 4 is 17.4 Å². The van der Waals surface area contributed by atoms with Crippen molar-refractivity contribution < 1.29 is 4.74 Å². The Morgan fingerprint density at radius 2 is 2.12 bits per heavy atom. The van der Waals surface area contributed by atoms with Gasteiger partial charge >= 0.3 is 0 Å². The summed E-state index contributed by atoms with van der Waals surface area (Å²) in [6.45, 7) is 2.05. The van der Waals surface area contributed by atoms with Crippen molar-refractivity contribution in [2.24, 2.45) is 0 Å². The van der Waals surface area contributed by atoms with Gasteiger partial charge in [0.2, 0.25) is 5.88 Å². The van der Waals surface area contributed by atoms with Crippen LogP contribution in [0.5, 0.6) is 11.6 Å². The normalized spacial score (nSPS) is 10.2. The van der Waals surface area contributed by atoms with E-state index in [0.717, 1.165) is 17.0 Å². The fraction of sp³-hybridized carbons (Fsp3) is 0.154. The first-order valence-electron chi connectivity index (χ1n) is 5.38. The van der Waals surface area contributed by atoms with Gasteiger partial charge in [0.05, 0.1) is 0 Å². The summed E-state index contributed by atoms with van der Waals surface area (Å²) < 4.78 is 5.61. The van der Waals surface area contributed by atoms with E-state index in [4.69, 9.17) is 22.1 Å². The summed E-state index contributed by atoms with van der Waals surface area (Å²) >= 11 is 6.03. The van der Waals surface area contributed by atoms with Gasteiger partial charge in [-0.25, -0.2) is 0 Å². The Morgan fingerprint density at radius 3 is 2.82 bits per heavy atom. The van der Waals surface area contributed by atoms with Crippen molar-refractivity contribution in [1.29, 1.82) is 0 Å². The van der Waals surface area contributed by atoms with E-state index in [1.54, 1.807) is 18.2 Å². The number of rotatable bonds is 3. The molecule has 0 fully saturated rings. The van der Waals surface area contributed by atoms with Crippen molar-refractivity contribution in [1.82, 2.24) is 4.98 Å². The minimum Gasteiger partial charge on any atom is -0.439 e. The van der Waals surface area contributed by atoms with Gasteiger partial charge in [0.25, 0.3) is 0 Å². The van der Waals surface area contributed by atoms with Crippen LogP contribution in [-0.2, 0) is 6.42 Å². The van der Waals surface area contributed by atoms with Gasteiger partial charge in [-0.3, -0.25) is 0 Å². The van der Waals surface area contributed by atoms with Gasteiger partial charge in [0, 0.05) is 11.1 Å². The van der Waals surface area contributed by atoms with E-state index in [-0.39, 0.29) is 0 Å². The molecule has 0 atom stereocenters. The quantitative estimate of drug-likeness (QED) is 0.902. The van der Waals surface area contributed by atoms with Crippen molar-refractivity contribution in [2.45, 2.75) is 13.3 Å². The van der Waals surface area contributed by atoms with Crippen LogP contribution < -0.4 is 10.5 Å². The van der Waals surface area contributed by atoms with E-state index in [9.17, 15) is 0 Å². The number of hydrogen-bond donors (Lipinski definition) is 1. The van der Waals surface area contributed by atoms with E-state index < -0.39 is 0 Å². The maximum absolute atomic E-state index is 6.03. The summed E-state index contributed by atoms with van der Waals surface area (Å²) in [4.78, 5) is 4.07. The molecular formula is C13H13ClN2O. The van der Waals surface area contributed by atoms with Gasteiger partial charge in [0.15, 0.2) is 0 Å². The molecule has 3 nitrogen and oxygen atoms in total. The molecule has 17 heavy (non-hydrogen) atoms. The van der Waals surface area contributed by atoms with Crippen molar-refractivity contribution in [2.75, 3.05) is 5.73 Å². The van der Waals surface area contributed by atoms with Crippen molar-refractivity contribution in [3.63, 3.8) is 0 Å². The number of nitrogens with two attached hydrogens (primary N) is 1. The number of aryl methyl sites for hydroxylation is 1. The number of nitrogens with zero attached hydrogens (tertiary/aromatic N) is 1. The van der Waals surface area contributed by atoms with Crippen LogP contribution in [0, 0.1) is 0 Å². The molecule has 0 saturated heterocycles. The number of hydrogen-bond acceptors (Lipinski definition) is 3. The van der Waals surface area contributed by atoms with E-state index in [1.807, 2.05) is 25.1 Å². The average Bonchev–Trinajstić information content (AvgIpc) is 2.32. The molecule has 2 aromatic rings. The minimum absolute atomic E-state index is 0.437. The topological polar surface area (TPSA) is 48.1 Å². The Hall–Kier alpha value is -1.74. The van der Waals surface area contributed by atoms with E-state index in [0.29, 0.717) is 17.4 Å². The average molecular weight is 249 g/mol. The third kappa shape index (κ3) is 2.88. The van der Waals surface area contributed by atoms with Crippen molar-refractivity contribution in [3.05, 3.63) is 47.0 Å². The number of aromatic nitrogens is 1. The van der Waals surface area contributed by atoms with Crippen LogP contribution in [-0.4, -0.2) is 4.98 Å². The highest BCUT2D eigenvalue weighted by Crippen LogP contribution is 2.26. The summed E-state index contributed by atoms with van der Waals surface area (Å²) in [5, 5.41) is 0.750. The Labute approximate surface area is 105 Å². The van der Waals surface area contributed by atoms with E-state index >= 15 is 0 Å². The summed E-state index contributed by atoms with van der Waals surface area (Å²) in [5.41, 5.74) is 6.63. The molecule has 2 N–H and O–H groups in total. The molecular weight excluding hydrogens is 236 g/mol. The highest BCUT2D eigenvalue weighted by Gasteiger charge is 2.03. The second-order valence-electron chi connectivity index (χ2n) is 3.61. The first-order chi connectivity index (χ1) is 8.19. The van der Waals surface area contributed by atoms with Gasteiger partial charge in [-0.05, 0) is 36.2 Å². The van der Waals surface area contributed by atoms with E-state index in [1.165, 1.54) is 0 Å². The monoisotopic (exact) mass is 248 g/mol. The molecule has 4 heteroatoms. The SMILES string of the molecule is CCc1cc(Oc2cccc(N)n2)ccc1Cl. The lowest BCUT2D eigenvalue weighted by molar-refractivity contribution is 0.463. The highest BCUT2D eigenvalue weighted by atomic mass is 35.5. The summed E-state index contributed by atoms with van der Waals surface area (Å²) in [5.74, 6) is 1.63. The molecule has 0 spiro atoms. The predicted octanol–water partition coefficient (Wildman–Crippen LogP) is 3.67. The lowest BCUT2D eigenvalue weighted by atomic mass is 10.1. The molecule has 0 radical (unpaired) electrons. The Kier molecular flexibility index (Phi) is 3.49. The zero-order chi connectivity index (χ0) is 12.3. The largest absolute Gasteiger partial charge is 0.439 e. The van der Waals surface area contributed by atoms with Crippen LogP contribution in [0.2, 0.25) is 5.02 Å². The van der Waals surface area contributed by atoms with Crippen LogP contribution in [0.15, 0.2) is 36.4 Å². The predicted molar refractivity (Wildman–Crippen MR) is 69.6 cm³/mol. The molecule has 1 heterocycles. The fourth-order valence-corrected chi connectivity index (χ4v) is 1.75. The van der Waals surface area contributed by atoms with Crippen LogP contribution >= 0.6 is 11.6 Å². The Balaban J connectivity index is 2.24. The molecule has 0 unspecified atom stereocenters. The number of halogens is 1. The first-order valence-corrected chi connectivity index (χ1v) is 5.75. The lowest BCUT2D eigenvalue weighted by Gasteiger charge is -2.07. The Morgan fingerprint density at radius 1 is 1.29 bits per heavy atom. The highest BCUT2D eigenvalue weighted by molar-refractivity contribution is 6.31. The second-order valence-corrected chi connectivity index (χ2v) is 4.02. The van der Waals surface area contributed by atoms with Crippen LogP contribution in [0.4, 0.5) is 5.82 Å². The third-order valence-corrected chi connectivity index (χ3v) is 2.73. The van der Waals surface area contributed by atoms with Gasteiger partial charge in [-0.1, -0.05) is 24.6 Å². The maximum atomic E-state index is 6.03. The number of pyridine rings is 1. The summed E-state index contributed by atoms with van der Waals surface area (Å²) in [6.07, 6.45) is 0.861. The van der Waals surface area contributed by atoms with Gasteiger partial charge in [0.1, 0.15) is 11.6 Å². The summed E-state index contributed by atoms with van der Waals surface area (Å²) in [7, 11) is 0. The molecule has 0 aliphatic heterocycles. The van der Waals surface area contributed by atoms with E-state index in [2.05, 4.69) is 4.98 Å². The molecule has 0 saturated carbocycles. The van der Waals surface area contributed by atoms with Crippen molar-refractivity contribution in [3.8, 4) is 11.6 Å². The number of ether oxygens (including phenoxy) is 1. The lowest BCUT2D eigenvalue weighted by Crippen LogP contribution is -1.93. The van der Waals surface area contributed by atoms with Crippen LogP contribution in [0.25, 0.3) is 0 Å². The Bertz CT molecular complexity index is 529. The standard InChI is InChI=1S/C13H13ClN2O/c1-2-9-8-10(6-7-11(9)14)17-13-5-3-4-12(15)16-13/h3-8H,2H2,1H3,(H2,15,16). The van der Waals surface area contributed by atoms with Crippen LogP contribution in [0.3, 0.4) is 0 Å². The molecule has 1 aromatic carbocycles. The maximum Gasteiger partial charge on any atom is 0.221 e. The van der Waals surface area contributed by atoms with Gasteiger partial charge < -0.3 is 10.5 Å². The second kappa shape index (κ2) is 5.06. The molecule has 88 valence electrons.